The molecule has 0 aromatic rings. The molecule has 0 aromatic heterocycles. The van der Waals surface area contributed by atoms with Gasteiger partial charge in [-0.05, 0) is 6.92 Å². The van der Waals surface area contributed by atoms with Gasteiger partial charge in [-0.1, -0.05) is 6.58 Å². The summed E-state index contributed by atoms with van der Waals surface area (Å²) in [6.45, 7) is 6.79. The van der Waals surface area contributed by atoms with Crippen molar-refractivity contribution in [2.75, 3.05) is 13.2 Å². The zero-order valence-corrected chi connectivity index (χ0v) is 5.02. The molecule has 1 fully saturated rings. The molecule has 1 atom stereocenters. The minimum absolute atomic E-state index is 0.237. The van der Waals surface area contributed by atoms with Gasteiger partial charge in [0.1, 0.15) is 19.0 Å². The van der Waals surface area contributed by atoms with Crippen molar-refractivity contribution in [3.05, 3.63) is 12.3 Å². The van der Waals surface area contributed by atoms with E-state index < -0.39 is 0 Å². The van der Waals surface area contributed by atoms with Gasteiger partial charge in [0.2, 0.25) is 0 Å². The summed E-state index contributed by atoms with van der Waals surface area (Å²) in [5.41, 5.74) is 0. The Kier molecular flexibility index (Phi) is 1.53. The summed E-state index contributed by atoms with van der Waals surface area (Å²) in [6.07, 6.45) is 0.237. The predicted molar refractivity (Wildman–Crippen MR) is 30.5 cm³/mol. The molecule has 1 saturated heterocycles. The number of hydrogen-bond acceptors (Lipinski definition) is 2. The van der Waals surface area contributed by atoms with Gasteiger partial charge in [-0.25, -0.2) is 0 Å². The maximum absolute atomic E-state index is 5.17. The molecule has 0 radical (unpaired) electrons. The Hall–Kier alpha value is -0.500. The molecule has 1 aliphatic rings. The van der Waals surface area contributed by atoms with E-state index in [1.807, 2.05) is 6.92 Å². The first-order chi connectivity index (χ1) is 3.79. The number of hydrogen-bond donors (Lipinski definition) is 0. The third-order valence-corrected chi connectivity index (χ3v) is 1.05. The SMILES string of the molecule is C=C1COC(C)CO1. The van der Waals surface area contributed by atoms with E-state index in [0.29, 0.717) is 13.2 Å². The summed E-state index contributed by atoms with van der Waals surface area (Å²) >= 11 is 0. The fourth-order valence-electron chi connectivity index (χ4n) is 0.560. The average Bonchev–Trinajstić information content (AvgIpc) is 1.77. The molecule has 2 nitrogen and oxygen atoms in total. The second-order valence-electron chi connectivity index (χ2n) is 1.97. The highest BCUT2D eigenvalue weighted by molar-refractivity contribution is 4.85. The molecule has 1 rings (SSSR count). The zero-order valence-electron chi connectivity index (χ0n) is 5.02. The molecule has 0 saturated carbocycles. The number of ether oxygens (including phenoxy) is 2. The highest BCUT2D eigenvalue weighted by atomic mass is 16.6. The Morgan fingerprint density at radius 1 is 1.75 bits per heavy atom. The van der Waals surface area contributed by atoms with E-state index >= 15 is 0 Å². The van der Waals surface area contributed by atoms with E-state index in [0.717, 1.165) is 5.76 Å². The Labute approximate surface area is 49.1 Å². The van der Waals surface area contributed by atoms with Crippen LogP contribution in [0.5, 0.6) is 0 Å². The molecule has 0 spiro atoms. The maximum atomic E-state index is 5.17. The maximum Gasteiger partial charge on any atom is 0.115 e. The van der Waals surface area contributed by atoms with Crippen LogP contribution in [0.2, 0.25) is 0 Å². The first kappa shape index (κ1) is 5.63. The molecule has 1 unspecified atom stereocenters. The number of rotatable bonds is 0. The van der Waals surface area contributed by atoms with E-state index in [9.17, 15) is 0 Å². The van der Waals surface area contributed by atoms with E-state index in [-0.39, 0.29) is 6.10 Å². The topological polar surface area (TPSA) is 18.5 Å². The van der Waals surface area contributed by atoms with Crippen LogP contribution in [0, 0.1) is 0 Å². The van der Waals surface area contributed by atoms with Crippen molar-refractivity contribution >= 4 is 0 Å². The quantitative estimate of drug-likeness (QED) is 0.466. The summed E-state index contributed by atoms with van der Waals surface area (Å²) in [6, 6.07) is 0. The normalized spacial score (nSPS) is 29.6. The third-order valence-electron chi connectivity index (χ3n) is 1.05. The fourth-order valence-corrected chi connectivity index (χ4v) is 0.560. The summed E-state index contributed by atoms with van der Waals surface area (Å²) < 4.78 is 10.2. The Morgan fingerprint density at radius 2 is 2.50 bits per heavy atom. The van der Waals surface area contributed by atoms with Gasteiger partial charge >= 0.3 is 0 Å². The van der Waals surface area contributed by atoms with Gasteiger partial charge in [-0.2, -0.15) is 0 Å². The van der Waals surface area contributed by atoms with Crippen LogP contribution in [-0.4, -0.2) is 19.3 Å². The molecule has 0 bridgehead atoms. The summed E-state index contributed by atoms with van der Waals surface area (Å²) in [5.74, 6) is 0.739. The Balaban J connectivity index is 2.29. The van der Waals surface area contributed by atoms with E-state index in [1.165, 1.54) is 0 Å². The lowest BCUT2D eigenvalue weighted by Crippen LogP contribution is -2.23. The van der Waals surface area contributed by atoms with Crippen LogP contribution in [0.1, 0.15) is 6.92 Å². The highest BCUT2D eigenvalue weighted by Crippen LogP contribution is 2.06. The van der Waals surface area contributed by atoms with Gasteiger partial charge in [0.05, 0.1) is 6.10 Å². The molecule has 46 valence electrons. The molecule has 0 aromatic carbocycles. The van der Waals surface area contributed by atoms with E-state index in [2.05, 4.69) is 6.58 Å². The second-order valence-corrected chi connectivity index (χ2v) is 1.97. The lowest BCUT2D eigenvalue weighted by molar-refractivity contribution is -0.0394. The largest absolute Gasteiger partial charge is 0.493 e. The molecule has 8 heavy (non-hydrogen) atoms. The molecule has 1 aliphatic heterocycles. The molecule has 0 N–H and O–H groups in total. The molecule has 2 heteroatoms. The fraction of sp³-hybridized carbons (Fsp3) is 0.667. The van der Waals surface area contributed by atoms with Crippen LogP contribution in [0.15, 0.2) is 12.3 Å². The smallest absolute Gasteiger partial charge is 0.115 e. The molecule has 0 amide bonds. The van der Waals surface area contributed by atoms with Gasteiger partial charge in [-0.15, -0.1) is 0 Å². The highest BCUT2D eigenvalue weighted by Gasteiger charge is 2.10. The van der Waals surface area contributed by atoms with Crippen LogP contribution in [0.3, 0.4) is 0 Å². The molecular formula is C6H10O2. The third kappa shape index (κ3) is 1.23. The van der Waals surface area contributed by atoms with Crippen molar-refractivity contribution in [3.8, 4) is 0 Å². The van der Waals surface area contributed by atoms with E-state index in [1.54, 1.807) is 0 Å². The monoisotopic (exact) mass is 114 g/mol. The Bertz CT molecular complexity index is 88.7. The molecular weight excluding hydrogens is 104 g/mol. The van der Waals surface area contributed by atoms with Crippen molar-refractivity contribution in [1.82, 2.24) is 0 Å². The lowest BCUT2D eigenvalue weighted by atomic mass is 10.4. The standard InChI is InChI=1S/C6H10O2/c1-5-3-8-6(2)4-7-5/h6H,1,3-4H2,2H3. The van der Waals surface area contributed by atoms with E-state index in [4.69, 9.17) is 9.47 Å². The van der Waals surface area contributed by atoms with Crippen LogP contribution < -0.4 is 0 Å². The van der Waals surface area contributed by atoms with Crippen LogP contribution in [0.25, 0.3) is 0 Å². The van der Waals surface area contributed by atoms with Gasteiger partial charge in [0.25, 0.3) is 0 Å². The first-order valence-electron chi connectivity index (χ1n) is 2.71. The molecule has 0 aliphatic carbocycles. The van der Waals surface area contributed by atoms with Crippen LogP contribution in [-0.2, 0) is 9.47 Å². The van der Waals surface area contributed by atoms with Crippen molar-refractivity contribution < 1.29 is 9.47 Å². The minimum atomic E-state index is 0.237. The van der Waals surface area contributed by atoms with Gasteiger partial charge < -0.3 is 9.47 Å². The lowest BCUT2D eigenvalue weighted by Gasteiger charge is -2.21. The molecule has 1 heterocycles. The van der Waals surface area contributed by atoms with Crippen molar-refractivity contribution in [2.24, 2.45) is 0 Å². The minimum Gasteiger partial charge on any atom is -0.493 e. The predicted octanol–water partition coefficient (Wildman–Crippen LogP) is 0.935. The first-order valence-corrected chi connectivity index (χ1v) is 2.71. The van der Waals surface area contributed by atoms with Gasteiger partial charge in [0, 0.05) is 0 Å². The summed E-state index contributed by atoms with van der Waals surface area (Å²) in [7, 11) is 0. The summed E-state index contributed by atoms with van der Waals surface area (Å²) in [5, 5.41) is 0. The van der Waals surface area contributed by atoms with Crippen molar-refractivity contribution in [1.29, 1.82) is 0 Å². The van der Waals surface area contributed by atoms with Crippen LogP contribution in [0.4, 0.5) is 0 Å². The Morgan fingerprint density at radius 3 is 2.88 bits per heavy atom. The van der Waals surface area contributed by atoms with Gasteiger partial charge in [-0.3, -0.25) is 0 Å². The van der Waals surface area contributed by atoms with Crippen molar-refractivity contribution in [2.45, 2.75) is 13.0 Å². The van der Waals surface area contributed by atoms with Gasteiger partial charge in [0.15, 0.2) is 0 Å². The van der Waals surface area contributed by atoms with Crippen molar-refractivity contribution in [3.63, 3.8) is 0 Å². The van der Waals surface area contributed by atoms with Crippen LogP contribution >= 0.6 is 0 Å². The average molecular weight is 114 g/mol. The zero-order chi connectivity index (χ0) is 5.98. The second kappa shape index (κ2) is 2.18. The summed E-state index contributed by atoms with van der Waals surface area (Å²) in [4.78, 5) is 0.